The highest BCUT2D eigenvalue weighted by atomic mass is 32.1. The average Bonchev–Trinajstić information content (AvgIpc) is 3.37. The van der Waals surface area contributed by atoms with E-state index < -0.39 is 0 Å². The number of carbonyl (C=O) groups is 3. The van der Waals surface area contributed by atoms with Crippen LogP contribution < -0.4 is 14.4 Å². The molecule has 9 heteroatoms. The molecule has 192 valence electrons. The Bertz CT molecular complexity index is 1330. The minimum atomic E-state index is -0.235. The van der Waals surface area contributed by atoms with E-state index in [0.717, 1.165) is 31.5 Å². The number of likely N-dealkylation sites (tertiary alicyclic amines) is 1. The fraction of sp³-hybridized carbons (Fsp3) is 0.357. The van der Waals surface area contributed by atoms with E-state index in [-0.39, 0.29) is 37.4 Å². The Morgan fingerprint density at radius 2 is 1.97 bits per heavy atom. The number of amides is 2. The van der Waals surface area contributed by atoms with Crippen molar-refractivity contribution in [3.8, 4) is 11.5 Å². The van der Waals surface area contributed by atoms with Crippen LogP contribution in [-0.4, -0.2) is 53.8 Å². The number of carbonyl (C=O) groups excluding carboxylic acids is 3. The minimum Gasteiger partial charge on any atom is -0.485 e. The number of ketones is 1. The summed E-state index contributed by atoms with van der Waals surface area (Å²) in [5, 5.41) is 2.40. The van der Waals surface area contributed by atoms with Crippen LogP contribution in [-0.2, 0) is 11.3 Å². The van der Waals surface area contributed by atoms with Crippen molar-refractivity contribution in [3.63, 3.8) is 0 Å². The highest BCUT2D eigenvalue weighted by Gasteiger charge is 2.29. The van der Waals surface area contributed by atoms with E-state index >= 15 is 0 Å². The SMILES string of the molecule is Cc1cccc(OCC(=O)c2ccc3c(c2)N(Cc2nc(C(=O)N4CCC(C)CC4)cs2)C(=O)CO3)c1. The molecular formula is C28H29N3O5S. The molecule has 2 aliphatic heterocycles. The van der Waals surface area contributed by atoms with E-state index in [9.17, 15) is 14.4 Å². The molecule has 2 aliphatic rings. The average molecular weight is 520 g/mol. The van der Waals surface area contributed by atoms with E-state index in [1.54, 1.807) is 34.5 Å². The lowest BCUT2D eigenvalue weighted by molar-refractivity contribution is -0.121. The molecule has 1 aromatic heterocycles. The molecule has 1 fully saturated rings. The highest BCUT2D eigenvalue weighted by molar-refractivity contribution is 7.09. The Labute approximate surface area is 219 Å². The molecule has 0 bridgehead atoms. The zero-order valence-corrected chi connectivity index (χ0v) is 21.8. The Kier molecular flexibility index (Phi) is 7.23. The largest absolute Gasteiger partial charge is 0.485 e. The monoisotopic (exact) mass is 519 g/mol. The van der Waals surface area contributed by atoms with E-state index in [1.165, 1.54) is 11.3 Å². The number of piperidine rings is 1. The summed E-state index contributed by atoms with van der Waals surface area (Å²) < 4.78 is 11.3. The highest BCUT2D eigenvalue weighted by Crippen LogP contribution is 2.34. The predicted molar refractivity (Wildman–Crippen MR) is 141 cm³/mol. The molecule has 0 unspecified atom stereocenters. The summed E-state index contributed by atoms with van der Waals surface area (Å²) in [5.74, 6) is 1.27. The summed E-state index contributed by atoms with van der Waals surface area (Å²) in [4.78, 5) is 46.5. The van der Waals surface area contributed by atoms with Gasteiger partial charge in [0.25, 0.3) is 11.8 Å². The normalized spacial score (nSPS) is 15.8. The molecule has 0 aliphatic carbocycles. The Hall–Kier alpha value is -3.72. The number of anilines is 1. The van der Waals surface area contributed by atoms with Crippen LogP contribution in [0.4, 0.5) is 5.69 Å². The molecular weight excluding hydrogens is 490 g/mol. The molecule has 0 atom stereocenters. The van der Waals surface area contributed by atoms with Crippen LogP contribution in [0, 0.1) is 12.8 Å². The molecule has 0 N–H and O–H groups in total. The smallest absolute Gasteiger partial charge is 0.273 e. The van der Waals surface area contributed by atoms with Crippen molar-refractivity contribution in [2.75, 3.05) is 31.2 Å². The molecule has 5 rings (SSSR count). The van der Waals surface area contributed by atoms with Gasteiger partial charge in [-0.05, 0) is 61.6 Å². The lowest BCUT2D eigenvalue weighted by atomic mass is 9.99. The standard InChI is InChI=1S/C28H29N3O5S/c1-18-8-10-30(11-9-18)28(34)22-17-37-26(29-22)14-31-23-13-20(6-7-25(23)36-16-27(31)33)24(32)15-35-21-5-3-4-19(2)12-21/h3-7,12-13,17-18H,8-11,14-16H2,1-2H3. The summed E-state index contributed by atoms with van der Waals surface area (Å²) in [6.07, 6.45) is 2.00. The minimum absolute atomic E-state index is 0.0652. The van der Waals surface area contributed by atoms with E-state index in [4.69, 9.17) is 9.47 Å². The van der Waals surface area contributed by atoms with Gasteiger partial charge in [0.05, 0.1) is 12.2 Å². The zero-order chi connectivity index (χ0) is 25.9. The van der Waals surface area contributed by atoms with Crippen LogP contribution in [0.25, 0.3) is 0 Å². The third-order valence-electron chi connectivity index (χ3n) is 6.72. The second-order valence-electron chi connectivity index (χ2n) is 9.58. The number of Topliss-reactive ketones (excluding diaryl/α,β-unsaturated/α-hetero) is 1. The van der Waals surface area contributed by atoms with Crippen molar-refractivity contribution >= 4 is 34.6 Å². The van der Waals surface area contributed by atoms with Crippen molar-refractivity contribution in [2.24, 2.45) is 5.92 Å². The molecule has 3 heterocycles. The number of ether oxygens (including phenoxy) is 2. The van der Waals surface area contributed by atoms with Gasteiger partial charge in [0.15, 0.2) is 19.0 Å². The number of hydrogen-bond donors (Lipinski definition) is 0. The Balaban J connectivity index is 1.29. The van der Waals surface area contributed by atoms with Crippen LogP contribution >= 0.6 is 11.3 Å². The Morgan fingerprint density at radius 1 is 1.16 bits per heavy atom. The Morgan fingerprint density at radius 3 is 2.76 bits per heavy atom. The number of aryl methyl sites for hydroxylation is 1. The summed E-state index contributed by atoms with van der Waals surface area (Å²) in [5.41, 5.74) is 2.38. The van der Waals surface area contributed by atoms with Gasteiger partial charge in [0, 0.05) is 24.0 Å². The number of fused-ring (bicyclic) bond motifs is 1. The maximum atomic E-state index is 12.9. The van der Waals surface area contributed by atoms with Gasteiger partial charge in [0.1, 0.15) is 22.2 Å². The second-order valence-corrected chi connectivity index (χ2v) is 10.5. The third-order valence-corrected chi connectivity index (χ3v) is 7.55. The first kappa shape index (κ1) is 25.0. The molecule has 0 saturated carbocycles. The van der Waals surface area contributed by atoms with Gasteiger partial charge in [-0.25, -0.2) is 4.98 Å². The maximum absolute atomic E-state index is 12.9. The lowest BCUT2D eigenvalue weighted by Crippen LogP contribution is -2.39. The van der Waals surface area contributed by atoms with Gasteiger partial charge in [-0.1, -0.05) is 19.1 Å². The van der Waals surface area contributed by atoms with Gasteiger partial charge >= 0.3 is 0 Å². The number of thiazole rings is 1. The van der Waals surface area contributed by atoms with Crippen molar-refractivity contribution in [1.82, 2.24) is 9.88 Å². The van der Waals surface area contributed by atoms with Gasteiger partial charge in [-0.3, -0.25) is 19.3 Å². The van der Waals surface area contributed by atoms with Crippen LogP contribution in [0.1, 0.15) is 51.2 Å². The number of benzene rings is 2. The molecule has 2 amide bonds. The molecule has 8 nitrogen and oxygen atoms in total. The number of aromatic nitrogens is 1. The molecule has 2 aromatic carbocycles. The number of rotatable bonds is 7. The van der Waals surface area contributed by atoms with E-state index in [0.29, 0.717) is 39.4 Å². The maximum Gasteiger partial charge on any atom is 0.273 e. The molecule has 3 aromatic rings. The zero-order valence-electron chi connectivity index (χ0n) is 20.9. The molecule has 37 heavy (non-hydrogen) atoms. The fourth-order valence-electron chi connectivity index (χ4n) is 4.48. The van der Waals surface area contributed by atoms with Crippen molar-refractivity contribution in [3.05, 3.63) is 69.7 Å². The fourth-order valence-corrected chi connectivity index (χ4v) is 5.23. The van der Waals surface area contributed by atoms with Crippen LogP contribution in [0.15, 0.2) is 47.8 Å². The first-order valence-electron chi connectivity index (χ1n) is 12.4. The lowest BCUT2D eigenvalue weighted by Gasteiger charge is -2.30. The van der Waals surface area contributed by atoms with Crippen molar-refractivity contribution in [2.45, 2.75) is 33.2 Å². The first-order valence-corrected chi connectivity index (χ1v) is 13.3. The van der Waals surface area contributed by atoms with Gasteiger partial charge < -0.3 is 14.4 Å². The predicted octanol–water partition coefficient (Wildman–Crippen LogP) is 4.51. The van der Waals surface area contributed by atoms with Crippen molar-refractivity contribution < 1.29 is 23.9 Å². The topological polar surface area (TPSA) is 89.0 Å². The van der Waals surface area contributed by atoms with Crippen molar-refractivity contribution in [1.29, 1.82) is 0 Å². The number of nitrogens with zero attached hydrogens (tertiary/aromatic N) is 3. The first-order chi connectivity index (χ1) is 17.9. The molecule has 1 saturated heterocycles. The number of hydrogen-bond acceptors (Lipinski definition) is 7. The van der Waals surface area contributed by atoms with Gasteiger partial charge in [-0.2, -0.15) is 0 Å². The van der Waals surface area contributed by atoms with Gasteiger partial charge in [0.2, 0.25) is 0 Å². The summed E-state index contributed by atoms with van der Waals surface area (Å²) in [6.45, 7) is 5.63. The summed E-state index contributed by atoms with van der Waals surface area (Å²) in [6, 6.07) is 12.5. The van der Waals surface area contributed by atoms with Crippen LogP contribution in [0.2, 0.25) is 0 Å². The van der Waals surface area contributed by atoms with Gasteiger partial charge in [-0.15, -0.1) is 11.3 Å². The third kappa shape index (κ3) is 5.67. The quantitative estimate of drug-likeness (QED) is 0.427. The second kappa shape index (κ2) is 10.7. The van der Waals surface area contributed by atoms with E-state index in [2.05, 4.69) is 11.9 Å². The van der Waals surface area contributed by atoms with Crippen LogP contribution in [0.3, 0.4) is 0 Å². The summed E-state index contributed by atoms with van der Waals surface area (Å²) in [7, 11) is 0. The molecule has 0 radical (unpaired) electrons. The van der Waals surface area contributed by atoms with E-state index in [1.807, 2.05) is 30.0 Å². The summed E-state index contributed by atoms with van der Waals surface area (Å²) >= 11 is 1.35. The molecule has 0 spiro atoms. The van der Waals surface area contributed by atoms with Crippen LogP contribution in [0.5, 0.6) is 11.5 Å².